The molecule has 0 radical (unpaired) electrons. The van der Waals surface area contributed by atoms with Crippen LogP contribution in [0.5, 0.6) is 0 Å². The third-order valence-corrected chi connectivity index (χ3v) is 2.93. The zero-order valence-corrected chi connectivity index (χ0v) is 10.3. The molecule has 0 spiro atoms. The van der Waals surface area contributed by atoms with Gasteiger partial charge in [0.05, 0.1) is 6.20 Å². The van der Waals surface area contributed by atoms with Crippen LogP contribution in [0, 0.1) is 0 Å². The van der Waals surface area contributed by atoms with E-state index in [1.54, 1.807) is 10.7 Å². The highest BCUT2D eigenvalue weighted by atomic mass is 35.5. The molecular formula is C9H11ClN4S. The topological polar surface area (TPSA) is 43.1 Å². The quantitative estimate of drug-likeness (QED) is 0.760. The SMILES string of the molecule is CSc1nc(Cl)n2ncc(C(C)C)c2n1. The number of rotatable bonds is 2. The van der Waals surface area contributed by atoms with E-state index in [2.05, 4.69) is 28.9 Å². The number of hydrogen-bond acceptors (Lipinski definition) is 4. The average molecular weight is 243 g/mol. The van der Waals surface area contributed by atoms with Gasteiger partial charge < -0.3 is 0 Å². The molecule has 0 saturated heterocycles. The molecule has 0 saturated carbocycles. The van der Waals surface area contributed by atoms with Crippen molar-refractivity contribution in [2.24, 2.45) is 0 Å². The highest BCUT2D eigenvalue weighted by Crippen LogP contribution is 2.22. The summed E-state index contributed by atoms with van der Waals surface area (Å²) in [6.45, 7) is 4.21. The van der Waals surface area contributed by atoms with Gasteiger partial charge in [0.15, 0.2) is 10.8 Å². The number of nitrogens with zero attached hydrogens (tertiary/aromatic N) is 4. The summed E-state index contributed by atoms with van der Waals surface area (Å²) < 4.78 is 1.57. The Morgan fingerprint density at radius 3 is 2.73 bits per heavy atom. The summed E-state index contributed by atoms with van der Waals surface area (Å²) in [4.78, 5) is 8.51. The van der Waals surface area contributed by atoms with E-state index >= 15 is 0 Å². The Balaban J connectivity index is 2.72. The van der Waals surface area contributed by atoms with Crippen molar-refractivity contribution in [1.82, 2.24) is 19.6 Å². The summed E-state index contributed by atoms with van der Waals surface area (Å²) in [5, 5.41) is 5.20. The summed E-state index contributed by atoms with van der Waals surface area (Å²) in [5.74, 6) is 0.378. The van der Waals surface area contributed by atoms with Crippen LogP contribution in [0.4, 0.5) is 0 Å². The van der Waals surface area contributed by atoms with Gasteiger partial charge in [0.2, 0.25) is 5.28 Å². The van der Waals surface area contributed by atoms with Gasteiger partial charge in [-0.25, -0.2) is 4.98 Å². The second kappa shape index (κ2) is 3.98. The number of aromatic nitrogens is 4. The summed E-state index contributed by atoms with van der Waals surface area (Å²) in [7, 11) is 0. The highest BCUT2D eigenvalue weighted by molar-refractivity contribution is 7.98. The largest absolute Gasteiger partial charge is 0.228 e. The molecule has 0 unspecified atom stereocenters. The van der Waals surface area contributed by atoms with Gasteiger partial charge in [0.25, 0.3) is 0 Å². The van der Waals surface area contributed by atoms with Crippen LogP contribution in [0.25, 0.3) is 5.65 Å². The minimum atomic E-state index is 0.358. The van der Waals surface area contributed by atoms with Crippen molar-refractivity contribution in [3.05, 3.63) is 17.0 Å². The van der Waals surface area contributed by atoms with Gasteiger partial charge in [-0.1, -0.05) is 25.6 Å². The molecular weight excluding hydrogens is 232 g/mol. The Morgan fingerprint density at radius 2 is 2.13 bits per heavy atom. The fraction of sp³-hybridized carbons (Fsp3) is 0.444. The zero-order chi connectivity index (χ0) is 11.0. The molecule has 0 aliphatic rings. The molecule has 0 aliphatic carbocycles. The van der Waals surface area contributed by atoms with Crippen molar-refractivity contribution in [3.63, 3.8) is 0 Å². The third kappa shape index (κ3) is 1.81. The van der Waals surface area contributed by atoms with E-state index in [1.807, 2.05) is 6.26 Å². The monoisotopic (exact) mass is 242 g/mol. The lowest BCUT2D eigenvalue weighted by Gasteiger charge is -2.03. The molecule has 0 aliphatic heterocycles. The van der Waals surface area contributed by atoms with Gasteiger partial charge in [-0.05, 0) is 23.8 Å². The summed E-state index contributed by atoms with van der Waals surface area (Å²) >= 11 is 7.47. The van der Waals surface area contributed by atoms with Gasteiger partial charge >= 0.3 is 0 Å². The lowest BCUT2D eigenvalue weighted by molar-refractivity contribution is 0.827. The van der Waals surface area contributed by atoms with Crippen LogP contribution in [0.2, 0.25) is 5.28 Å². The van der Waals surface area contributed by atoms with Crippen LogP contribution in [0.1, 0.15) is 25.3 Å². The number of hydrogen-bond donors (Lipinski definition) is 0. The lowest BCUT2D eigenvalue weighted by atomic mass is 10.1. The molecule has 0 atom stereocenters. The van der Waals surface area contributed by atoms with E-state index < -0.39 is 0 Å². The maximum atomic E-state index is 5.99. The second-order valence-electron chi connectivity index (χ2n) is 3.47. The molecule has 15 heavy (non-hydrogen) atoms. The predicted molar refractivity (Wildman–Crippen MR) is 61.7 cm³/mol. The molecule has 2 aromatic heterocycles. The maximum absolute atomic E-state index is 5.99. The first-order valence-corrected chi connectivity index (χ1v) is 6.19. The first-order chi connectivity index (χ1) is 7.13. The van der Waals surface area contributed by atoms with Crippen molar-refractivity contribution in [2.45, 2.75) is 24.9 Å². The summed E-state index contributed by atoms with van der Waals surface area (Å²) in [6.07, 6.45) is 3.72. The van der Waals surface area contributed by atoms with Crippen molar-refractivity contribution in [3.8, 4) is 0 Å². The number of fused-ring (bicyclic) bond motifs is 1. The van der Waals surface area contributed by atoms with Crippen molar-refractivity contribution >= 4 is 29.0 Å². The van der Waals surface area contributed by atoms with E-state index in [9.17, 15) is 0 Å². The molecule has 0 bridgehead atoms. The van der Waals surface area contributed by atoms with E-state index in [-0.39, 0.29) is 0 Å². The fourth-order valence-corrected chi connectivity index (χ4v) is 1.95. The lowest BCUT2D eigenvalue weighted by Crippen LogP contribution is -1.99. The van der Waals surface area contributed by atoms with Crippen LogP contribution in [0.3, 0.4) is 0 Å². The Labute approximate surface area is 97.1 Å². The highest BCUT2D eigenvalue weighted by Gasteiger charge is 2.13. The van der Waals surface area contributed by atoms with Crippen LogP contribution in [-0.2, 0) is 0 Å². The minimum Gasteiger partial charge on any atom is -0.202 e. The average Bonchev–Trinajstić information content (AvgIpc) is 2.61. The normalized spacial score (nSPS) is 11.5. The van der Waals surface area contributed by atoms with E-state index in [4.69, 9.17) is 11.6 Å². The van der Waals surface area contributed by atoms with Gasteiger partial charge in [-0.3, -0.25) is 0 Å². The van der Waals surface area contributed by atoms with E-state index in [0.29, 0.717) is 16.4 Å². The fourth-order valence-electron chi connectivity index (χ4n) is 1.34. The van der Waals surface area contributed by atoms with Crippen molar-refractivity contribution in [1.29, 1.82) is 0 Å². The van der Waals surface area contributed by atoms with Gasteiger partial charge in [0.1, 0.15) is 0 Å². The molecule has 0 N–H and O–H groups in total. The van der Waals surface area contributed by atoms with Gasteiger partial charge in [-0.15, -0.1) is 0 Å². The van der Waals surface area contributed by atoms with Crippen molar-refractivity contribution < 1.29 is 0 Å². The second-order valence-corrected chi connectivity index (χ2v) is 4.58. The maximum Gasteiger partial charge on any atom is 0.228 e. The molecule has 4 nitrogen and oxygen atoms in total. The third-order valence-electron chi connectivity index (χ3n) is 2.14. The van der Waals surface area contributed by atoms with Crippen LogP contribution in [0.15, 0.2) is 11.4 Å². The Hall–Kier alpha value is -0.810. The smallest absolute Gasteiger partial charge is 0.202 e. The minimum absolute atomic E-state index is 0.358. The number of thioether (sulfide) groups is 1. The molecule has 80 valence electrons. The molecule has 0 amide bonds. The molecule has 6 heteroatoms. The standard InChI is InChI=1S/C9H11ClN4S/c1-5(2)6-4-11-14-7(6)12-9(15-3)13-8(14)10/h4-5H,1-3H3. The summed E-state index contributed by atoms with van der Waals surface area (Å²) in [6, 6.07) is 0. The summed E-state index contributed by atoms with van der Waals surface area (Å²) in [5.41, 5.74) is 1.89. The van der Waals surface area contributed by atoms with Crippen LogP contribution >= 0.6 is 23.4 Å². The van der Waals surface area contributed by atoms with Gasteiger partial charge in [0, 0.05) is 5.56 Å². The van der Waals surface area contributed by atoms with Crippen LogP contribution < -0.4 is 0 Å². The first-order valence-electron chi connectivity index (χ1n) is 4.58. The molecule has 0 fully saturated rings. The van der Waals surface area contributed by atoms with Crippen LogP contribution in [-0.4, -0.2) is 25.8 Å². The number of halogens is 1. The molecule has 0 aromatic carbocycles. The Kier molecular flexibility index (Phi) is 2.84. The Bertz CT molecular complexity index is 494. The van der Waals surface area contributed by atoms with Crippen molar-refractivity contribution in [2.75, 3.05) is 6.26 Å². The van der Waals surface area contributed by atoms with Gasteiger partial charge in [-0.2, -0.15) is 14.6 Å². The molecule has 2 heterocycles. The van der Waals surface area contributed by atoms with E-state index in [1.165, 1.54) is 11.8 Å². The van der Waals surface area contributed by atoms with E-state index in [0.717, 1.165) is 11.2 Å². The molecule has 2 rings (SSSR count). The first kappa shape index (κ1) is 10.7. The Morgan fingerprint density at radius 1 is 1.40 bits per heavy atom. The predicted octanol–water partition coefficient (Wildman–Crippen LogP) is 2.62. The zero-order valence-electron chi connectivity index (χ0n) is 8.73. The molecule has 2 aromatic rings.